The quantitative estimate of drug-likeness (QED) is 0.412. The van der Waals surface area contributed by atoms with E-state index < -0.39 is 11.7 Å². The summed E-state index contributed by atoms with van der Waals surface area (Å²) in [6.07, 6.45) is 1.44. The molecule has 0 unspecified atom stereocenters. The van der Waals surface area contributed by atoms with Gasteiger partial charge in [-0.25, -0.2) is 4.39 Å². The minimum absolute atomic E-state index is 0.0118. The molecular formula is C28H31FN2O3S. The molecule has 0 saturated heterocycles. The van der Waals surface area contributed by atoms with Crippen molar-refractivity contribution in [2.75, 3.05) is 26.2 Å². The van der Waals surface area contributed by atoms with E-state index in [2.05, 4.69) is 12.1 Å². The molecule has 0 aliphatic carbocycles. The van der Waals surface area contributed by atoms with Gasteiger partial charge in [-0.1, -0.05) is 36.8 Å². The highest BCUT2D eigenvalue weighted by molar-refractivity contribution is 7.10. The molecule has 1 aliphatic heterocycles. The molecule has 0 fully saturated rings. The van der Waals surface area contributed by atoms with Crippen LogP contribution in [0.2, 0.25) is 0 Å². The van der Waals surface area contributed by atoms with Gasteiger partial charge >= 0.3 is 0 Å². The highest BCUT2D eigenvalue weighted by Gasteiger charge is 2.34. The summed E-state index contributed by atoms with van der Waals surface area (Å²) in [6.45, 7) is 7.15. The van der Waals surface area contributed by atoms with E-state index in [-0.39, 0.29) is 24.1 Å². The van der Waals surface area contributed by atoms with Crippen LogP contribution in [0.25, 0.3) is 0 Å². The first-order valence-corrected chi connectivity index (χ1v) is 12.9. The summed E-state index contributed by atoms with van der Waals surface area (Å²) in [6, 6.07) is 13.8. The van der Waals surface area contributed by atoms with E-state index >= 15 is 0 Å². The van der Waals surface area contributed by atoms with Gasteiger partial charge in [0, 0.05) is 18.0 Å². The Hall–Kier alpha value is -3.19. The van der Waals surface area contributed by atoms with Crippen LogP contribution in [0.4, 0.5) is 4.39 Å². The number of halogens is 1. The van der Waals surface area contributed by atoms with Gasteiger partial charge in [-0.2, -0.15) is 0 Å². The van der Waals surface area contributed by atoms with Gasteiger partial charge in [0.05, 0.1) is 11.6 Å². The summed E-state index contributed by atoms with van der Waals surface area (Å²) in [5.74, 6) is -0.400. The summed E-state index contributed by atoms with van der Waals surface area (Å²) in [5.41, 5.74) is 3.30. The van der Waals surface area contributed by atoms with Gasteiger partial charge in [-0.05, 0) is 67.5 Å². The first kappa shape index (κ1) is 24.9. The molecule has 35 heavy (non-hydrogen) atoms. The monoisotopic (exact) mass is 494 g/mol. The Morgan fingerprint density at radius 2 is 1.97 bits per heavy atom. The average Bonchev–Trinajstić information content (AvgIpc) is 3.32. The molecule has 0 saturated carbocycles. The fourth-order valence-electron chi connectivity index (χ4n) is 4.59. The Kier molecular flexibility index (Phi) is 7.86. The normalized spacial score (nSPS) is 15.0. The van der Waals surface area contributed by atoms with E-state index in [0.717, 1.165) is 23.3 Å². The number of rotatable bonds is 8. The first-order chi connectivity index (χ1) is 16.9. The number of amides is 2. The second-order valence-electron chi connectivity index (χ2n) is 8.94. The molecule has 0 radical (unpaired) electrons. The Morgan fingerprint density at radius 1 is 1.17 bits per heavy atom. The Balaban J connectivity index is 1.54. The maximum absolute atomic E-state index is 14.3. The van der Waals surface area contributed by atoms with E-state index in [1.54, 1.807) is 23.5 Å². The highest BCUT2D eigenvalue weighted by Crippen LogP contribution is 2.34. The zero-order chi connectivity index (χ0) is 24.9. The van der Waals surface area contributed by atoms with Crippen molar-refractivity contribution in [3.05, 3.63) is 86.9 Å². The molecule has 2 amide bonds. The molecule has 0 spiro atoms. The molecule has 3 aromatic rings. The summed E-state index contributed by atoms with van der Waals surface area (Å²) in [4.78, 5) is 31.2. The van der Waals surface area contributed by atoms with Gasteiger partial charge in [0.1, 0.15) is 24.7 Å². The van der Waals surface area contributed by atoms with Gasteiger partial charge in [-0.15, -0.1) is 11.3 Å². The van der Waals surface area contributed by atoms with E-state index in [1.165, 1.54) is 27.5 Å². The van der Waals surface area contributed by atoms with Gasteiger partial charge in [0.2, 0.25) is 5.91 Å². The lowest BCUT2D eigenvalue weighted by molar-refractivity contribution is -0.135. The topological polar surface area (TPSA) is 49.9 Å². The van der Waals surface area contributed by atoms with Crippen LogP contribution in [-0.4, -0.2) is 47.9 Å². The number of hydrogen-bond donors (Lipinski definition) is 0. The number of fused-ring (bicyclic) bond motifs is 1. The molecule has 0 N–H and O–H groups in total. The summed E-state index contributed by atoms with van der Waals surface area (Å²) in [5, 5.41) is 2.05. The predicted octanol–water partition coefficient (Wildman–Crippen LogP) is 5.56. The Bertz CT molecular complexity index is 1210. The third-order valence-corrected chi connectivity index (χ3v) is 7.35. The van der Waals surface area contributed by atoms with Gasteiger partial charge in [0.15, 0.2) is 0 Å². The highest BCUT2D eigenvalue weighted by atomic mass is 32.1. The van der Waals surface area contributed by atoms with Crippen molar-refractivity contribution >= 4 is 23.2 Å². The minimum Gasteiger partial charge on any atom is -0.491 e. The standard InChI is InChI=1S/C28H31FN2O3S/c1-4-13-30(28(33)21-7-5-6-8-23(21)29)17-27(32)31-14-11-26-22(12-15-35-26)24(31)18-34-25-10-9-19(2)16-20(25)3/h5-10,12,15-16,24H,4,11,13-14,17-18H2,1-3H3/t24-/m1/s1. The van der Waals surface area contributed by atoms with Gasteiger partial charge < -0.3 is 14.5 Å². The van der Waals surface area contributed by atoms with Crippen LogP contribution in [0.15, 0.2) is 53.9 Å². The van der Waals surface area contributed by atoms with Crippen molar-refractivity contribution in [1.82, 2.24) is 9.80 Å². The number of thiophene rings is 1. The van der Waals surface area contributed by atoms with Crippen molar-refractivity contribution in [2.45, 2.75) is 39.7 Å². The number of ether oxygens (including phenoxy) is 1. The maximum Gasteiger partial charge on any atom is 0.257 e. The molecule has 4 rings (SSSR count). The van der Waals surface area contributed by atoms with Crippen molar-refractivity contribution in [2.24, 2.45) is 0 Å². The van der Waals surface area contributed by atoms with Crippen LogP contribution in [0.1, 0.15) is 51.3 Å². The van der Waals surface area contributed by atoms with Crippen LogP contribution in [0, 0.1) is 19.7 Å². The van der Waals surface area contributed by atoms with Crippen LogP contribution in [-0.2, 0) is 11.2 Å². The molecule has 1 atom stereocenters. The lowest BCUT2D eigenvalue weighted by Crippen LogP contribution is -2.48. The Morgan fingerprint density at radius 3 is 2.71 bits per heavy atom. The molecule has 7 heteroatoms. The summed E-state index contributed by atoms with van der Waals surface area (Å²) < 4.78 is 20.5. The lowest BCUT2D eigenvalue weighted by Gasteiger charge is -2.37. The van der Waals surface area contributed by atoms with Crippen molar-refractivity contribution in [3.8, 4) is 5.75 Å². The average molecular weight is 495 g/mol. The molecule has 5 nitrogen and oxygen atoms in total. The number of benzene rings is 2. The number of hydrogen-bond acceptors (Lipinski definition) is 4. The van der Waals surface area contributed by atoms with E-state index in [0.29, 0.717) is 26.1 Å². The van der Waals surface area contributed by atoms with E-state index in [4.69, 9.17) is 4.74 Å². The predicted molar refractivity (Wildman–Crippen MR) is 136 cm³/mol. The van der Waals surface area contributed by atoms with Crippen LogP contribution in [0.3, 0.4) is 0 Å². The number of carbonyl (C=O) groups is 2. The van der Waals surface area contributed by atoms with Crippen molar-refractivity contribution in [1.29, 1.82) is 0 Å². The van der Waals surface area contributed by atoms with E-state index in [1.807, 2.05) is 43.2 Å². The second kappa shape index (κ2) is 11.0. The number of aryl methyl sites for hydroxylation is 2. The zero-order valence-electron chi connectivity index (χ0n) is 20.4. The molecule has 1 aromatic heterocycles. The second-order valence-corrected chi connectivity index (χ2v) is 9.94. The lowest BCUT2D eigenvalue weighted by atomic mass is 10.00. The largest absolute Gasteiger partial charge is 0.491 e. The SMILES string of the molecule is CCCN(CC(=O)N1CCc2sccc2[C@H]1COc1ccc(C)cc1C)C(=O)c1ccccc1F. The molecule has 2 heterocycles. The molecule has 184 valence electrons. The molecular weight excluding hydrogens is 463 g/mol. The third kappa shape index (κ3) is 5.56. The molecule has 2 aromatic carbocycles. The van der Waals surface area contributed by atoms with Crippen molar-refractivity contribution < 1.29 is 18.7 Å². The van der Waals surface area contributed by atoms with Crippen LogP contribution in [0.5, 0.6) is 5.75 Å². The zero-order valence-corrected chi connectivity index (χ0v) is 21.2. The number of nitrogens with zero attached hydrogens (tertiary/aromatic N) is 2. The fourth-order valence-corrected chi connectivity index (χ4v) is 5.51. The summed E-state index contributed by atoms with van der Waals surface area (Å²) >= 11 is 1.70. The molecule has 0 bridgehead atoms. The first-order valence-electron chi connectivity index (χ1n) is 12.0. The maximum atomic E-state index is 14.3. The van der Waals surface area contributed by atoms with Crippen LogP contribution >= 0.6 is 11.3 Å². The van der Waals surface area contributed by atoms with E-state index in [9.17, 15) is 14.0 Å². The third-order valence-electron chi connectivity index (χ3n) is 6.35. The van der Waals surface area contributed by atoms with Gasteiger partial charge in [0.25, 0.3) is 5.91 Å². The Labute approximate surface area is 210 Å². The fraction of sp³-hybridized carbons (Fsp3) is 0.357. The van der Waals surface area contributed by atoms with Crippen LogP contribution < -0.4 is 4.74 Å². The van der Waals surface area contributed by atoms with Gasteiger partial charge in [-0.3, -0.25) is 9.59 Å². The smallest absolute Gasteiger partial charge is 0.257 e. The molecule has 1 aliphatic rings. The minimum atomic E-state index is -0.577. The van der Waals surface area contributed by atoms with Crippen molar-refractivity contribution in [3.63, 3.8) is 0 Å². The summed E-state index contributed by atoms with van der Waals surface area (Å²) in [7, 11) is 0. The number of carbonyl (C=O) groups excluding carboxylic acids is 2.